The molecular formula is C10H13N3O2S. The van der Waals surface area contributed by atoms with Crippen LogP contribution in [0.4, 0.5) is 0 Å². The third kappa shape index (κ3) is 3.56. The van der Waals surface area contributed by atoms with E-state index in [-0.39, 0.29) is 11.6 Å². The highest BCUT2D eigenvalue weighted by Gasteiger charge is 2.11. The maximum atomic E-state index is 11.7. The van der Waals surface area contributed by atoms with Crippen LogP contribution in [0.1, 0.15) is 5.56 Å². The van der Waals surface area contributed by atoms with Crippen molar-refractivity contribution in [3.8, 4) is 0 Å². The number of rotatable bonds is 5. The quantitative estimate of drug-likeness (QED) is 0.614. The van der Waals surface area contributed by atoms with Gasteiger partial charge in [-0.25, -0.2) is 8.42 Å². The molecule has 1 rings (SSSR count). The van der Waals surface area contributed by atoms with Crippen molar-refractivity contribution >= 4 is 23.1 Å². The van der Waals surface area contributed by atoms with Crippen molar-refractivity contribution in [3.63, 3.8) is 0 Å². The number of nitrogens with one attached hydrogen (secondary N) is 1. The van der Waals surface area contributed by atoms with Crippen molar-refractivity contribution in [3.05, 3.63) is 29.8 Å². The van der Waals surface area contributed by atoms with Gasteiger partial charge in [-0.3, -0.25) is 9.98 Å². The third-order valence-electron chi connectivity index (χ3n) is 1.84. The van der Waals surface area contributed by atoms with Crippen LogP contribution in [0.3, 0.4) is 0 Å². The minimum atomic E-state index is -3.48. The van der Waals surface area contributed by atoms with E-state index in [1.807, 2.05) is 6.92 Å². The molecule has 0 aliphatic carbocycles. The van der Waals surface area contributed by atoms with Crippen molar-refractivity contribution in [2.75, 3.05) is 6.67 Å². The van der Waals surface area contributed by atoms with Gasteiger partial charge in [-0.1, -0.05) is 17.7 Å². The molecule has 0 bridgehead atoms. The number of nitrogens with zero attached hydrogens (tertiary/aromatic N) is 2. The Balaban J connectivity index is 2.74. The highest BCUT2D eigenvalue weighted by molar-refractivity contribution is 7.89. The lowest BCUT2D eigenvalue weighted by atomic mass is 10.2. The van der Waals surface area contributed by atoms with Crippen molar-refractivity contribution in [1.82, 2.24) is 4.72 Å². The molecule has 0 unspecified atom stereocenters. The molecule has 0 aliphatic heterocycles. The lowest BCUT2D eigenvalue weighted by molar-refractivity contribution is 0.583. The van der Waals surface area contributed by atoms with Crippen LogP contribution >= 0.6 is 0 Å². The van der Waals surface area contributed by atoms with Gasteiger partial charge >= 0.3 is 0 Å². The molecule has 1 N–H and O–H groups in total. The predicted octanol–water partition coefficient (Wildman–Crippen LogP) is 0.960. The maximum absolute atomic E-state index is 11.7. The zero-order chi connectivity index (χ0) is 12.0. The van der Waals surface area contributed by atoms with Gasteiger partial charge in [0.1, 0.15) is 13.0 Å². The van der Waals surface area contributed by atoms with E-state index < -0.39 is 10.0 Å². The van der Waals surface area contributed by atoms with Gasteiger partial charge in [-0.15, -0.1) is 0 Å². The van der Waals surface area contributed by atoms with Gasteiger partial charge in [0.2, 0.25) is 10.0 Å². The summed E-state index contributed by atoms with van der Waals surface area (Å²) in [4.78, 5) is 7.26. The van der Waals surface area contributed by atoms with Crippen LogP contribution in [-0.2, 0) is 10.0 Å². The van der Waals surface area contributed by atoms with Gasteiger partial charge < -0.3 is 0 Å². The topological polar surface area (TPSA) is 70.9 Å². The van der Waals surface area contributed by atoms with Crippen molar-refractivity contribution in [2.24, 2.45) is 9.98 Å². The first-order valence-electron chi connectivity index (χ1n) is 4.57. The van der Waals surface area contributed by atoms with Crippen molar-refractivity contribution in [1.29, 1.82) is 0 Å². The Hall–Kier alpha value is -1.53. The second-order valence-electron chi connectivity index (χ2n) is 3.10. The summed E-state index contributed by atoms with van der Waals surface area (Å²) in [6.07, 6.45) is 1.19. The zero-order valence-electron chi connectivity index (χ0n) is 8.92. The molecule has 0 atom stereocenters. The van der Waals surface area contributed by atoms with Gasteiger partial charge in [0.15, 0.2) is 0 Å². The minimum absolute atomic E-state index is 0.0464. The molecule has 86 valence electrons. The molecule has 1 aromatic rings. The first-order chi connectivity index (χ1) is 7.56. The number of benzene rings is 1. The van der Waals surface area contributed by atoms with Gasteiger partial charge in [-0.05, 0) is 25.8 Å². The summed E-state index contributed by atoms with van der Waals surface area (Å²) in [7, 11) is -3.48. The molecular weight excluding hydrogens is 226 g/mol. The molecule has 0 spiro atoms. The van der Waals surface area contributed by atoms with Gasteiger partial charge in [-0.2, -0.15) is 4.72 Å². The minimum Gasteiger partial charge on any atom is -0.257 e. The molecule has 16 heavy (non-hydrogen) atoms. The molecule has 6 heteroatoms. The maximum Gasteiger partial charge on any atom is 0.242 e. The van der Waals surface area contributed by atoms with Crippen LogP contribution in [0.15, 0.2) is 39.1 Å². The van der Waals surface area contributed by atoms with E-state index in [1.165, 1.54) is 6.34 Å². The normalized spacial score (nSPS) is 11.8. The number of sulfonamides is 1. The third-order valence-corrected chi connectivity index (χ3v) is 3.24. The van der Waals surface area contributed by atoms with E-state index in [4.69, 9.17) is 0 Å². The second kappa shape index (κ2) is 5.53. The smallest absolute Gasteiger partial charge is 0.242 e. The molecule has 0 heterocycles. The standard InChI is InChI=1S/C10H13N3O2S/c1-9-3-5-10(6-4-9)16(14,15)13-8-12-7-11-2/h3-7,13H,2,8H2,1H3. The summed E-state index contributed by atoms with van der Waals surface area (Å²) < 4.78 is 25.7. The highest BCUT2D eigenvalue weighted by Crippen LogP contribution is 2.09. The SMILES string of the molecule is C=NC=NCNS(=O)(=O)c1ccc(C)cc1. The Morgan fingerprint density at radius 3 is 2.56 bits per heavy atom. The Bertz CT molecular complexity index is 477. The van der Waals surface area contributed by atoms with Crippen LogP contribution in [0.5, 0.6) is 0 Å². The molecule has 0 aliphatic rings. The van der Waals surface area contributed by atoms with Crippen LogP contribution < -0.4 is 4.72 Å². The fourth-order valence-corrected chi connectivity index (χ4v) is 1.93. The Labute approximate surface area is 95.0 Å². The van der Waals surface area contributed by atoms with E-state index in [1.54, 1.807) is 24.3 Å². The van der Waals surface area contributed by atoms with E-state index in [9.17, 15) is 8.42 Å². The molecule has 0 fully saturated rings. The van der Waals surface area contributed by atoms with Gasteiger partial charge in [0, 0.05) is 0 Å². The van der Waals surface area contributed by atoms with Crippen molar-refractivity contribution < 1.29 is 8.42 Å². The summed E-state index contributed by atoms with van der Waals surface area (Å²) in [5.74, 6) is 0. The van der Waals surface area contributed by atoms with Gasteiger partial charge in [0.25, 0.3) is 0 Å². The Morgan fingerprint density at radius 2 is 2.00 bits per heavy atom. The average molecular weight is 239 g/mol. The summed E-state index contributed by atoms with van der Waals surface area (Å²) >= 11 is 0. The lowest BCUT2D eigenvalue weighted by Crippen LogP contribution is -2.23. The van der Waals surface area contributed by atoms with Crippen LogP contribution in [0, 0.1) is 6.92 Å². The fraction of sp³-hybridized carbons (Fsp3) is 0.200. The van der Waals surface area contributed by atoms with E-state index in [0.717, 1.165) is 5.56 Å². The second-order valence-corrected chi connectivity index (χ2v) is 4.87. The summed E-state index contributed by atoms with van der Waals surface area (Å²) in [5, 5.41) is 0. The lowest BCUT2D eigenvalue weighted by Gasteiger charge is -2.04. The monoisotopic (exact) mass is 239 g/mol. The number of aliphatic imine (C=N–C) groups is 2. The first kappa shape index (κ1) is 12.5. The van der Waals surface area contributed by atoms with E-state index in [0.29, 0.717) is 0 Å². The zero-order valence-corrected chi connectivity index (χ0v) is 9.74. The number of hydrogen-bond donors (Lipinski definition) is 1. The summed E-state index contributed by atoms with van der Waals surface area (Å²) in [5.41, 5.74) is 1.01. The first-order valence-corrected chi connectivity index (χ1v) is 6.05. The molecule has 0 aromatic heterocycles. The highest BCUT2D eigenvalue weighted by atomic mass is 32.2. The van der Waals surface area contributed by atoms with Crippen molar-refractivity contribution in [2.45, 2.75) is 11.8 Å². The van der Waals surface area contributed by atoms with Crippen LogP contribution in [0.2, 0.25) is 0 Å². The predicted molar refractivity (Wildman–Crippen MR) is 64.4 cm³/mol. The van der Waals surface area contributed by atoms with Gasteiger partial charge in [0.05, 0.1) is 4.90 Å². The average Bonchev–Trinajstić information content (AvgIpc) is 2.25. The Morgan fingerprint density at radius 1 is 1.38 bits per heavy atom. The molecule has 5 nitrogen and oxygen atoms in total. The number of hydrogen-bond acceptors (Lipinski definition) is 3. The summed E-state index contributed by atoms with van der Waals surface area (Å²) in [6, 6.07) is 6.58. The Kier molecular flexibility index (Phi) is 4.33. The van der Waals surface area contributed by atoms with E-state index >= 15 is 0 Å². The number of aryl methyl sites for hydroxylation is 1. The fourth-order valence-electron chi connectivity index (χ4n) is 1.02. The van der Waals surface area contributed by atoms with E-state index in [2.05, 4.69) is 21.4 Å². The molecule has 0 amide bonds. The van der Waals surface area contributed by atoms with Crippen LogP contribution in [-0.4, -0.2) is 28.1 Å². The van der Waals surface area contributed by atoms with Crippen LogP contribution in [0.25, 0.3) is 0 Å². The summed E-state index contributed by atoms with van der Waals surface area (Å²) in [6.45, 7) is 5.03. The molecule has 0 saturated carbocycles. The molecule has 0 radical (unpaired) electrons. The largest absolute Gasteiger partial charge is 0.257 e. The molecule has 0 saturated heterocycles. The molecule has 1 aromatic carbocycles.